The summed E-state index contributed by atoms with van der Waals surface area (Å²) >= 11 is 0. The van der Waals surface area contributed by atoms with Crippen molar-refractivity contribution in [1.82, 2.24) is 0 Å². The molecule has 6 heteroatoms. The number of carbonyl (C=O) groups is 2. The molecule has 0 atom stereocenters. The van der Waals surface area contributed by atoms with Crippen LogP contribution in [0.1, 0.15) is 20.7 Å². The van der Waals surface area contributed by atoms with Gasteiger partial charge < -0.3 is 5.32 Å². The summed E-state index contributed by atoms with van der Waals surface area (Å²) in [6.07, 6.45) is 1.23. The first-order valence-electron chi connectivity index (χ1n) is 7.01. The van der Waals surface area contributed by atoms with Gasteiger partial charge in [-0.2, -0.15) is 10.5 Å². The largest absolute Gasteiger partial charge is 0.358 e. The van der Waals surface area contributed by atoms with E-state index in [1.165, 1.54) is 6.20 Å². The summed E-state index contributed by atoms with van der Waals surface area (Å²) in [7, 11) is 0. The van der Waals surface area contributed by atoms with E-state index in [1.807, 2.05) is 0 Å². The van der Waals surface area contributed by atoms with Gasteiger partial charge in [0.05, 0.1) is 22.5 Å². The average Bonchev–Trinajstić information content (AvgIpc) is 2.88. The molecule has 114 valence electrons. The lowest BCUT2D eigenvalue weighted by Crippen LogP contribution is -2.29. The molecule has 2 aromatic rings. The summed E-state index contributed by atoms with van der Waals surface area (Å²) in [6, 6.07) is 16.8. The van der Waals surface area contributed by atoms with Gasteiger partial charge in [-0.15, -0.1) is 0 Å². The van der Waals surface area contributed by atoms with Gasteiger partial charge in [-0.05, 0) is 24.3 Å². The van der Waals surface area contributed by atoms with Gasteiger partial charge in [0.15, 0.2) is 0 Å². The predicted octanol–water partition coefficient (Wildman–Crippen LogP) is 2.83. The average molecular weight is 314 g/mol. The van der Waals surface area contributed by atoms with Crippen molar-refractivity contribution in [3.05, 3.63) is 71.4 Å². The number of benzene rings is 2. The zero-order chi connectivity index (χ0) is 17.1. The number of rotatable bonds is 3. The monoisotopic (exact) mass is 314 g/mol. The molecule has 0 aromatic heterocycles. The van der Waals surface area contributed by atoms with Crippen molar-refractivity contribution in [2.45, 2.75) is 0 Å². The number of para-hydroxylation sites is 2. The number of hydrogen-bond acceptors (Lipinski definition) is 5. The molecule has 0 saturated heterocycles. The molecule has 3 rings (SSSR count). The lowest BCUT2D eigenvalue weighted by atomic mass is 10.1. The number of nitrogens with one attached hydrogen (secondary N) is 1. The van der Waals surface area contributed by atoms with Crippen LogP contribution >= 0.6 is 0 Å². The van der Waals surface area contributed by atoms with Gasteiger partial charge in [0.25, 0.3) is 11.8 Å². The van der Waals surface area contributed by atoms with Gasteiger partial charge >= 0.3 is 0 Å². The van der Waals surface area contributed by atoms with Gasteiger partial charge in [0.1, 0.15) is 17.7 Å². The maximum Gasteiger partial charge on any atom is 0.266 e. The molecular formula is C18H10N4O2. The normalized spacial score (nSPS) is 12.2. The minimum atomic E-state index is -0.408. The first kappa shape index (κ1) is 15.0. The molecule has 1 heterocycles. The second kappa shape index (κ2) is 6.07. The third-order valence-corrected chi connectivity index (χ3v) is 3.55. The number of nitrogens with zero attached hydrogens (tertiary/aromatic N) is 3. The Hall–Kier alpha value is -3.90. The number of carbonyl (C=O) groups excluding carboxylic acids is 2. The molecule has 24 heavy (non-hydrogen) atoms. The molecule has 1 N–H and O–H groups in total. The van der Waals surface area contributed by atoms with E-state index in [-0.39, 0.29) is 5.57 Å². The Balaban J connectivity index is 2.02. The van der Waals surface area contributed by atoms with E-state index in [1.54, 1.807) is 60.7 Å². The van der Waals surface area contributed by atoms with Crippen LogP contribution in [0.4, 0.5) is 11.4 Å². The van der Waals surface area contributed by atoms with Crippen LogP contribution in [0.3, 0.4) is 0 Å². The van der Waals surface area contributed by atoms with E-state index >= 15 is 0 Å². The van der Waals surface area contributed by atoms with Crippen LogP contribution in [-0.4, -0.2) is 11.8 Å². The first-order chi connectivity index (χ1) is 11.7. The lowest BCUT2D eigenvalue weighted by molar-refractivity contribution is 0.0926. The van der Waals surface area contributed by atoms with Crippen LogP contribution in [0.2, 0.25) is 0 Å². The highest BCUT2D eigenvalue weighted by Gasteiger charge is 2.37. The molecule has 2 amide bonds. The van der Waals surface area contributed by atoms with E-state index in [9.17, 15) is 9.59 Å². The van der Waals surface area contributed by atoms with Crippen molar-refractivity contribution in [2.75, 3.05) is 10.2 Å². The van der Waals surface area contributed by atoms with Crippen molar-refractivity contribution < 1.29 is 9.59 Å². The second-order valence-electron chi connectivity index (χ2n) is 4.93. The first-order valence-corrected chi connectivity index (χ1v) is 7.01. The van der Waals surface area contributed by atoms with Crippen LogP contribution < -0.4 is 10.2 Å². The second-order valence-corrected chi connectivity index (χ2v) is 4.93. The molecule has 0 unspecified atom stereocenters. The van der Waals surface area contributed by atoms with Crippen molar-refractivity contribution >= 4 is 23.2 Å². The third-order valence-electron chi connectivity index (χ3n) is 3.55. The number of anilines is 2. The minimum Gasteiger partial charge on any atom is -0.358 e. The highest BCUT2D eigenvalue weighted by atomic mass is 16.2. The molecule has 2 aromatic carbocycles. The van der Waals surface area contributed by atoms with Crippen LogP contribution in [-0.2, 0) is 0 Å². The molecule has 0 radical (unpaired) electrons. The van der Waals surface area contributed by atoms with Crippen LogP contribution in [0.5, 0.6) is 0 Å². The molecule has 0 bridgehead atoms. The number of fused-ring (bicyclic) bond motifs is 1. The van der Waals surface area contributed by atoms with E-state index in [2.05, 4.69) is 5.32 Å². The standard InChI is InChI=1S/C18H10N4O2/c19-9-12(10-20)11-21-15-7-3-4-8-16(15)22-17(23)13-5-1-2-6-14(13)18(22)24/h1-8,11,21H. The van der Waals surface area contributed by atoms with Gasteiger partial charge in [-0.25, -0.2) is 4.90 Å². The Morgan fingerprint density at radius 2 is 1.46 bits per heavy atom. The molecule has 6 nitrogen and oxygen atoms in total. The SMILES string of the molecule is N#CC(C#N)=CNc1ccccc1N1C(=O)c2ccccc2C1=O. The number of hydrogen-bond donors (Lipinski definition) is 1. The smallest absolute Gasteiger partial charge is 0.266 e. The van der Waals surface area contributed by atoms with Gasteiger partial charge in [0, 0.05) is 6.20 Å². The van der Waals surface area contributed by atoms with Crippen LogP contribution in [0, 0.1) is 22.7 Å². The fourth-order valence-corrected chi connectivity index (χ4v) is 2.44. The van der Waals surface area contributed by atoms with Gasteiger partial charge in [-0.1, -0.05) is 24.3 Å². The Morgan fingerprint density at radius 3 is 2.04 bits per heavy atom. The van der Waals surface area contributed by atoms with Crippen molar-refractivity contribution in [1.29, 1.82) is 10.5 Å². The molecule has 0 spiro atoms. The molecule has 1 aliphatic heterocycles. The third kappa shape index (κ3) is 2.39. The topological polar surface area (TPSA) is 97.0 Å². The van der Waals surface area contributed by atoms with Gasteiger partial charge in [-0.3, -0.25) is 9.59 Å². The van der Waals surface area contributed by atoms with Crippen LogP contribution in [0.25, 0.3) is 0 Å². The highest BCUT2D eigenvalue weighted by Crippen LogP contribution is 2.33. The predicted molar refractivity (Wildman–Crippen MR) is 87.0 cm³/mol. The minimum absolute atomic E-state index is 0.118. The summed E-state index contributed by atoms with van der Waals surface area (Å²) in [5, 5.41) is 20.4. The summed E-state index contributed by atoms with van der Waals surface area (Å²) in [4.78, 5) is 26.2. The Bertz CT molecular complexity index is 912. The molecule has 0 fully saturated rings. The van der Waals surface area contributed by atoms with E-state index < -0.39 is 11.8 Å². The summed E-state index contributed by atoms with van der Waals surface area (Å²) in [5.41, 5.74) is 1.38. The number of nitriles is 2. The maximum atomic E-state index is 12.6. The summed E-state index contributed by atoms with van der Waals surface area (Å²) in [6.45, 7) is 0. The number of imide groups is 1. The quantitative estimate of drug-likeness (QED) is 0.694. The number of amides is 2. The maximum absolute atomic E-state index is 12.6. The van der Waals surface area contributed by atoms with Crippen LogP contribution in [0.15, 0.2) is 60.3 Å². The van der Waals surface area contributed by atoms with E-state index in [0.717, 1.165) is 4.90 Å². The van der Waals surface area contributed by atoms with Crippen molar-refractivity contribution in [3.8, 4) is 12.1 Å². The van der Waals surface area contributed by atoms with E-state index in [4.69, 9.17) is 10.5 Å². The Labute approximate surface area is 137 Å². The van der Waals surface area contributed by atoms with Gasteiger partial charge in [0.2, 0.25) is 0 Å². The number of allylic oxidation sites excluding steroid dienone is 1. The molecule has 0 aliphatic carbocycles. The molecule has 0 saturated carbocycles. The molecule has 1 aliphatic rings. The van der Waals surface area contributed by atoms with Crippen molar-refractivity contribution in [2.24, 2.45) is 0 Å². The summed E-state index contributed by atoms with van der Waals surface area (Å²) < 4.78 is 0. The van der Waals surface area contributed by atoms with Crippen molar-refractivity contribution in [3.63, 3.8) is 0 Å². The zero-order valence-corrected chi connectivity index (χ0v) is 12.4. The fourth-order valence-electron chi connectivity index (χ4n) is 2.44. The highest BCUT2D eigenvalue weighted by molar-refractivity contribution is 6.35. The Morgan fingerprint density at radius 1 is 0.917 bits per heavy atom. The lowest BCUT2D eigenvalue weighted by Gasteiger charge is -2.17. The fraction of sp³-hybridized carbons (Fsp3) is 0. The van der Waals surface area contributed by atoms with E-state index in [0.29, 0.717) is 22.5 Å². The molecular weight excluding hydrogens is 304 g/mol. The summed E-state index contributed by atoms with van der Waals surface area (Å²) in [5.74, 6) is -0.816. The Kier molecular flexibility index (Phi) is 3.80. The zero-order valence-electron chi connectivity index (χ0n) is 12.4.